The van der Waals surface area contributed by atoms with E-state index in [-0.39, 0.29) is 0 Å². The van der Waals surface area contributed by atoms with E-state index in [2.05, 4.69) is 35.9 Å². The molecule has 1 rings (SSSR count). The Labute approximate surface area is 91.8 Å². The quantitative estimate of drug-likeness (QED) is 0.676. The van der Waals surface area contributed by atoms with Crippen LogP contribution in [-0.2, 0) is 13.0 Å². The molecule has 3 N–H and O–H groups in total. The Hall–Kier alpha value is -0.870. The molecule has 0 unspecified atom stereocenters. The second-order valence-corrected chi connectivity index (χ2v) is 3.75. The Morgan fingerprint density at radius 1 is 1.33 bits per heavy atom. The zero-order chi connectivity index (χ0) is 11.3. The molecule has 1 aromatic rings. The third kappa shape index (κ3) is 3.04. The maximum absolute atomic E-state index is 5.41. The highest BCUT2D eigenvalue weighted by molar-refractivity contribution is 5.24. The van der Waals surface area contributed by atoms with Crippen LogP contribution in [0.25, 0.3) is 0 Å². The highest BCUT2D eigenvalue weighted by atomic mass is 15.3. The Morgan fingerprint density at radius 2 is 2.07 bits per heavy atom. The Kier molecular flexibility index (Phi) is 4.78. The second-order valence-electron chi connectivity index (χ2n) is 3.75. The first-order valence-electron chi connectivity index (χ1n) is 5.64. The van der Waals surface area contributed by atoms with Gasteiger partial charge in [-0.15, -0.1) is 0 Å². The average Bonchev–Trinajstić information content (AvgIpc) is 2.50. The van der Waals surface area contributed by atoms with Crippen molar-refractivity contribution in [1.29, 1.82) is 0 Å². The molecule has 0 amide bonds. The summed E-state index contributed by atoms with van der Waals surface area (Å²) in [7, 11) is 0. The van der Waals surface area contributed by atoms with Crippen molar-refractivity contribution < 1.29 is 0 Å². The number of aryl methyl sites for hydroxylation is 2. The summed E-state index contributed by atoms with van der Waals surface area (Å²) in [6.07, 6.45) is 1.04. The Balaban J connectivity index is 2.56. The largest absolute Gasteiger partial charge is 0.329 e. The van der Waals surface area contributed by atoms with Gasteiger partial charge in [0.25, 0.3) is 0 Å². The van der Waals surface area contributed by atoms with Crippen LogP contribution in [0.4, 0.5) is 0 Å². The lowest BCUT2D eigenvalue weighted by atomic mass is 10.1. The van der Waals surface area contributed by atoms with Crippen LogP contribution in [0, 0.1) is 13.8 Å². The molecule has 4 heteroatoms. The molecule has 4 nitrogen and oxygen atoms in total. The monoisotopic (exact) mass is 210 g/mol. The smallest absolute Gasteiger partial charge is 0.0628 e. The third-order valence-corrected chi connectivity index (χ3v) is 2.70. The summed E-state index contributed by atoms with van der Waals surface area (Å²) in [6.45, 7) is 9.86. The van der Waals surface area contributed by atoms with E-state index in [4.69, 9.17) is 5.73 Å². The molecule has 0 radical (unpaired) electrons. The molecule has 1 aromatic heterocycles. The van der Waals surface area contributed by atoms with Gasteiger partial charge in [-0.05, 0) is 39.3 Å². The fourth-order valence-electron chi connectivity index (χ4n) is 1.84. The lowest BCUT2D eigenvalue weighted by molar-refractivity contribution is 0.632. The highest BCUT2D eigenvalue weighted by Crippen LogP contribution is 2.12. The van der Waals surface area contributed by atoms with Crippen LogP contribution in [-0.4, -0.2) is 29.4 Å². The van der Waals surface area contributed by atoms with Gasteiger partial charge in [-0.1, -0.05) is 0 Å². The van der Waals surface area contributed by atoms with E-state index >= 15 is 0 Å². The van der Waals surface area contributed by atoms with Crippen molar-refractivity contribution in [3.05, 3.63) is 17.0 Å². The van der Waals surface area contributed by atoms with Crippen LogP contribution in [0.2, 0.25) is 0 Å². The standard InChI is InChI=1S/C11H22N4/c1-4-15-10(3)11(9(2)14-15)5-7-13-8-6-12/h13H,4-8,12H2,1-3H3. The van der Waals surface area contributed by atoms with Crippen molar-refractivity contribution in [2.24, 2.45) is 5.73 Å². The van der Waals surface area contributed by atoms with E-state index in [0.717, 1.165) is 31.7 Å². The van der Waals surface area contributed by atoms with Crippen molar-refractivity contribution >= 4 is 0 Å². The summed E-state index contributed by atoms with van der Waals surface area (Å²) in [5.74, 6) is 0. The first-order chi connectivity index (χ1) is 7.20. The van der Waals surface area contributed by atoms with Crippen LogP contribution in [0.1, 0.15) is 23.9 Å². The summed E-state index contributed by atoms with van der Waals surface area (Å²) < 4.78 is 2.06. The Bertz CT molecular complexity index is 304. The minimum Gasteiger partial charge on any atom is -0.329 e. The lowest BCUT2D eigenvalue weighted by Gasteiger charge is -2.04. The average molecular weight is 210 g/mol. The molecule has 15 heavy (non-hydrogen) atoms. The summed E-state index contributed by atoms with van der Waals surface area (Å²) in [4.78, 5) is 0. The van der Waals surface area contributed by atoms with Gasteiger partial charge in [0, 0.05) is 25.3 Å². The van der Waals surface area contributed by atoms with Crippen LogP contribution in [0.3, 0.4) is 0 Å². The molecule has 86 valence electrons. The van der Waals surface area contributed by atoms with Gasteiger partial charge < -0.3 is 11.1 Å². The number of nitrogens with two attached hydrogens (primary N) is 1. The minimum atomic E-state index is 0.701. The summed E-state index contributed by atoms with van der Waals surface area (Å²) in [6, 6.07) is 0. The van der Waals surface area contributed by atoms with E-state index in [0.29, 0.717) is 6.54 Å². The number of aromatic nitrogens is 2. The molecule has 0 spiro atoms. The molecule has 0 aliphatic carbocycles. The van der Waals surface area contributed by atoms with E-state index in [9.17, 15) is 0 Å². The topological polar surface area (TPSA) is 55.9 Å². The zero-order valence-corrected chi connectivity index (χ0v) is 10.0. The first kappa shape index (κ1) is 12.2. The van der Waals surface area contributed by atoms with Crippen LogP contribution < -0.4 is 11.1 Å². The molecule has 0 atom stereocenters. The number of hydrogen-bond acceptors (Lipinski definition) is 3. The lowest BCUT2D eigenvalue weighted by Crippen LogP contribution is -2.24. The van der Waals surface area contributed by atoms with Gasteiger partial charge in [-0.3, -0.25) is 4.68 Å². The van der Waals surface area contributed by atoms with E-state index in [1.807, 2.05) is 0 Å². The number of rotatable bonds is 6. The predicted molar refractivity (Wildman–Crippen MR) is 63.0 cm³/mol. The number of hydrogen-bond donors (Lipinski definition) is 2. The zero-order valence-electron chi connectivity index (χ0n) is 10.0. The third-order valence-electron chi connectivity index (χ3n) is 2.70. The van der Waals surface area contributed by atoms with E-state index in [1.54, 1.807) is 0 Å². The van der Waals surface area contributed by atoms with Crippen molar-refractivity contribution in [2.45, 2.75) is 33.7 Å². The normalized spacial score (nSPS) is 10.9. The fraction of sp³-hybridized carbons (Fsp3) is 0.727. The van der Waals surface area contributed by atoms with Crippen molar-refractivity contribution in [1.82, 2.24) is 15.1 Å². The predicted octanol–water partition coefficient (Wildman–Crippen LogP) is 0.611. The summed E-state index contributed by atoms with van der Waals surface area (Å²) in [5.41, 5.74) is 9.24. The van der Waals surface area contributed by atoms with Crippen molar-refractivity contribution in [3.8, 4) is 0 Å². The van der Waals surface area contributed by atoms with E-state index < -0.39 is 0 Å². The molecule has 0 fully saturated rings. The van der Waals surface area contributed by atoms with Crippen LogP contribution in [0.15, 0.2) is 0 Å². The molecule has 0 saturated carbocycles. The second kappa shape index (κ2) is 5.88. The van der Waals surface area contributed by atoms with Crippen molar-refractivity contribution in [3.63, 3.8) is 0 Å². The molecule has 0 bridgehead atoms. The molecule has 0 aromatic carbocycles. The van der Waals surface area contributed by atoms with Crippen LogP contribution >= 0.6 is 0 Å². The fourth-order valence-corrected chi connectivity index (χ4v) is 1.84. The first-order valence-corrected chi connectivity index (χ1v) is 5.64. The van der Waals surface area contributed by atoms with Gasteiger partial charge in [0.2, 0.25) is 0 Å². The molecule has 0 saturated heterocycles. The molecule has 1 heterocycles. The minimum absolute atomic E-state index is 0.701. The van der Waals surface area contributed by atoms with Crippen molar-refractivity contribution in [2.75, 3.05) is 19.6 Å². The number of nitrogens with zero attached hydrogens (tertiary/aromatic N) is 2. The van der Waals surface area contributed by atoms with Gasteiger partial charge in [0.05, 0.1) is 5.69 Å². The van der Waals surface area contributed by atoms with Gasteiger partial charge >= 0.3 is 0 Å². The summed E-state index contributed by atoms with van der Waals surface area (Å²) in [5, 5.41) is 7.79. The number of nitrogens with one attached hydrogen (secondary N) is 1. The maximum atomic E-state index is 5.41. The van der Waals surface area contributed by atoms with Gasteiger partial charge in [-0.25, -0.2) is 0 Å². The Morgan fingerprint density at radius 3 is 2.60 bits per heavy atom. The summed E-state index contributed by atoms with van der Waals surface area (Å²) >= 11 is 0. The van der Waals surface area contributed by atoms with Gasteiger partial charge in [0.1, 0.15) is 0 Å². The SMILES string of the molecule is CCn1nc(C)c(CCNCCN)c1C. The van der Waals surface area contributed by atoms with Gasteiger partial charge in [0.15, 0.2) is 0 Å². The molecular formula is C11H22N4. The van der Waals surface area contributed by atoms with Gasteiger partial charge in [-0.2, -0.15) is 5.10 Å². The molecular weight excluding hydrogens is 188 g/mol. The maximum Gasteiger partial charge on any atom is 0.0628 e. The molecule has 0 aliphatic rings. The van der Waals surface area contributed by atoms with E-state index in [1.165, 1.54) is 11.3 Å². The molecule has 0 aliphatic heterocycles. The highest BCUT2D eigenvalue weighted by Gasteiger charge is 2.09. The van der Waals surface area contributed by atoms with Crippen LogP contribution in [0.5, 0.6) is 0 Å².